The highest BCUT2D eigenvalue weighted by Crippen LogP contribution is 2.39. The minimum absolute atomic E-state index is 0.156. The minimum Gasteiger partial charge on any atom is -0.455 e. The third kappa shape index (κ3) is 3.06. The van der Waals surface area contributed by atoms with Crippen LogP contribution in [0.5, 0.6) is 0 Å². The number of benzene rings is 3. The Morgan fingerprint density at radius 3 is 2.41 bits per heavy atom. The summed E-state index contributed by atoms with van der Waals surface area (Å²) in [7, 11) is 0.180. The van der Waals surface area contributed by atoms with Crippen molar-refractivity contribution in [1.82, 2.24) is 0 Å². The molecule has 0 bridgehead atoms. The van der Waals surface area contributed by atoms with Crippen LogP contribution in [0.3, 0.4) is 0 Å². The summed E-state index contributed by atoms with van der Waals surface area (Å²) < 4.78 is 61.8. The minimum atomic E-state index is -2.39. The zero-order valence-corrected chi connectivity index (χ0v) is 19.7. The largest absolute Gasteiger partial charge is 0.455 e. The Labute approximate surface area is 191 Å². The van der Waals surface area contributed by atoms with E-state index in [1.807, 2.05) is 29.8 Å². The molecule has 162 valence electrons. The molecule has 0 N–H and O–H groups in total. The van der Waals surface area contributed by atoms with Gasteiger partial charge in [-0.3, -0.25) is 0 Å². The lowest BCUT2D eigenvalue weighted by Crippen LogP contribution is -2.40. The Hall–Kier alpha value is -3.05. The zero-order valence-electron chi connectivity index (χ0n) is 21.7. The van der Waals surface area contributed by atoms with E-state index in [2.05, 4.69) is 19.6 Å². The number of hydrogen-bond acceptors (Lipinski definition) is 1. The van der Waals surface area contributed by atoms with Gasteiger partial charge in [0.05, 0.1) is 19.0 Å². The molecule has 2 nitrogen and oxygen atoms in total. The Balaban J connectivity index is 1.95. The smallest absolute Gasteiger partial charge is 0.219 e. The molecule has 0 amide bonds. The molecule has 0 aliphatic carbocycles. The molecule has 0 unspecified atom stereocenters. The van der Waals surface area contributed by atoms with E-state index in [9.17, 15) is 4.39 Å². The van der Waals surface area contributed by atoms with Gasteiger partial charge in [0.2, 0.25) is 11.2 Å². The molecule has 5 heteroatoms. The molecular formula is C27H26F2NOSi+. The molecule has 0 atom stereocenters. The highest BCUT2D eigenvalue weighted by atomic mass is 28.3. The van der Waals surface area contributed by atoms with Crippen molar-refractivity contribution in [3.8, 4) is 11.3 Å². The normalized spacial score (nSPS) is 14.2. The van der Waals surface area contributed by atoms with Crippen LogP contribution in [0.4, 0.5) is 8.78 Å². The molecule has 2 heterocycles. The number of halogens is 2. The van der Waals surface area contributed by atoms with Crippen LogP contribution in [0.25, 0.3) is 44.1 Å². The van der Waals surface area contributed by atoms with Crippen molar-refractivity contribution in [2.45, 2.75) is 33.4 Å². The first-order chi connectivity index (χ1) is 16.3. The van der Waals surface area contributed by atoms with Crippen LogP contribution < -0.4 is 9.75 Å². The van der Waals surface area contributed by atoms with Gasteiger partial charge in [0, 0.05) is 33.1 Å². The monoisotopic (exact) mass is 449 g/mol. The van der Waals surface area contributed by atoms with Gasteiger partial charge in [0.25, 0.3) is 0 Å². The number of aromatic nitrogens is 1. The number of aryl methyl sites for hydroxylation is 2. The van der Waals surface area contributed by atoms with Crippen molar-refractivity contribution in [3.05, 3.63) is 71.3 Å². The van der Waals surface area contributed by atoms with Crippen LogP contribution in [-0.2, 0) is 7.05 Å². The number of hydrogen-bond donors (Lipinski definition) is 0. The summed E-state index contributed by atoms with van der Waals surface area (Å²) in [4.78, 5) is 0. The van der Waals surface area contributed by atoms with Crippen molar-refractivity contribution < 1.29 is 21.9 Å². The maximum absolute atomic E-state index is 15.5. The van der Waals surface area contributed by atoms with Crippen LogP contribution in [0, 0.1) is 25.4 Å². The Morgan fingerprint density at radius 1 is 0.938 bits per heavy atom. The Morgan fingerprint density at radius 2 is 1.69 bits per heavy atom. The third-order valence-corrected chi connectivity index (χ3v) is 8.39. The first-order valence-corrected chi connectivity index (χ1v) is 14.1. The van der Waals surface area contributed by atoms with E-state index in [0.29, 0.717) is 49.7 Å². The van der Waals surface area contributed by atoms with Crippen molar-refractivity contribution in [2.24, 2.45) is 7.05 Å². The molecule has 3 aromatic carbocycles. The standard InChI is InChI=1S/C27H26F2NOSi/c1-15-11-21-19-9-7-17(28)12-25(19)31-27(21)26(16(15)2)24-14-22(29)20-10-8-18(32(4,5)6)13-23(20)30(24)3/h7-14H,1-6H3/q+1/i1D3. The quantitative estimate of drug-likeness (QED) is 0.217. The zero-order chi connectivity index (χ0) is 25.4. The summed E-state index contributed by atoms with van der Waals surface area (Å²) in [5.74, 6) is -0.851. The SMILES string of the molecule is [2H]C([2H])([2H])c1cc2c(oc3cc(F)ccc32)c(-c2cc(F)c3ccc([Si](C)(C)C)cc3[n+]2C)c1C. The molecule has 0 spiro atoms. The van der Waals surface area contributed by atoms with Crippen molar-refractivity contribution in [2.75, 3.05) is 0 Å². The molecule has 0 aliphatic rings. The lowest BCUT2D eigenvalue weighted by atomic mass is 9.96. The van der Waals surface area contributed by atoms with Crippen LogP contribution >= 0.6 is 0 Å². The molecule has 0 saturated heterocycles. The highest BCUT2D eigenvalue weighted by Gasteiger charge is 2.27. The average molecular weight is 450 g/mol. The van der Waals surface area contributed by atoms with Crippen molar-refractivity contribution in [1.29, 1.82) is 0 Å². The molecular weight excluding hydrogens is 420 g/mol. The van der Waals surface area contributed by atoms with Crippen LogP contribution in [-0.4, -0.2) is 8.07 Å². The van der Waals surface area contributed by atoms with E-state index in [1.165, 1.54) is 23.4 Å². The molecule has 5 rings (SSSR count). The average Bonchev–Trinajstić information content (AvgIpc) is 3.11. The van der Waals surface area contributed by atoms with Gasteiger partial charge in [-0.25, -0.2) is 8.78 Å². The van der Waals surface area contributed by atoms with Crippen LogP contribution in [0.15, 0.2) is 52.9 Å². The number of fused-ring (bicyclic) bond motifs is 4. The van der Waals surface area contributed by atoms with Crippen LogP contribution in [0.1, 0.15) is 15.2 Å². The maximum Gasteiger partial charge on any atom is 0.219 e. The van der Waals surface area contributed by atoms with Crippen molar-refractivity contribution in [3.63, 3.8) is 0 Å². The van der Waals surface area contributed by atoms with Gasteiger partial charge in [0.15, 0.2) is 0 Å². The third-order valence-electron chi connectivity index (χ3n) is 6.35. The van der Waals surface area contributed by atoms with E-state index in [-0.39, 0.29) is 5.56 Å². The lowest BCUT2D eigenvalue weighted by Gasteiger charge is -2.17. The number of pyridine rings is 1. The van der Waals surface area contributed by atoms with Crippen LogP contribution in [0.2, 0.25) is 19.6 Å². The molecule has 32 heavy (non-hydrogen) atoms. The molecule has 0 fully saturated rings. The van der Waals surface area contributed by atoms with Gasteiger partial charge in [0.1, 0.15) is 29.8 Å². The molecule has 5 aromatic rings. The predicted molar refractivity (Wildman–Crippen MR) is 130 cm³/mol. The van der Waals surface area contributed by atoms with E-state index in [4.69, 9.17) is 8.53 Å². The van der Waals surface area contributed by atoms with Gasteiger partial charge in [-0.05, 0) is 49.2 Å². The number of furan rings is 1. The van der Waals surface area contributed by atoms with E-state index < -0.39 is 26.6 Å². The first-order valence-electron chi connectivity index (χ1n) is 12.1. The summed E-state index contributed by atoms with van der Waals surface area (Å²) in [6.07, 6.45) is 0. The molecule has 2 aromatic heterocycles. The molecule has 0 aliphatic heterocycles. The van der Waals surface area contributed by atoms with Gasteiger partial charge in [-0.2, -0.15) is 4.57 Å². The van der Waals surface area contributed by atoms with Gasteiger partial charge >= 0.3 is 0 Å². The summed E-state index contributed by atoms with van der Waals surface area (Å²) >= 11 is 0. The fourth-order valence-corrected chi connectivity index (χ4v) is 5.58. The van der Waals surface area contributed by atoms with Gasteiger partial charge < -0.3 is 4.42 Å². The van der Waals surface area contributed by atoms with Gasteiger partial charge in [-0.1, -0.05) is 30.9 Å². The lowest BCUT2D eigenvalue weighted by molar-refractivity contribution is -0.633. The topological polar surface area (TPSA) is 17.0 Å². The summed E-state index contributed by atoms with van der Waals surface area (Å²) in [6, 6.07) is 13.0. The Kier molecular flexibility index (Phi) is 3.81. The van der Waals surface area contributed by atoms with E-state index >= 15 is 4.39 Å². The summed E-state index contributed by atoms with van der Waals surface area (Å²) in [5, 5.41) is 2.85. The van der Waals surface area contributed by atoms with Gasteiger partial charge in [-0.15, -0.1) is 0 Å². The molecule has 0 saturated carbocycles. The van der Waals surface area contributed by atoms with E-state index in [0.717, 1.165) is 0 Å². The summed E-state index contributed by atoms with van der Waals surface area (Å²) in [6.45, 7) is 6.01. The van der Waals surface area contributed by atoms with E-state index in [1.54, 1.807) is 19.1 Å². The number of nitrogens with zero attached hydrogens (tertiary/aromatic N) is 1. The maximum atomic E-state index is 15.5. The second-order valence-electron chi connectivity index (χ2n) is 9.46. The second-order valence-corrected chi connectivity index (χ2v) is 14.5. The van der Waals surface area contributed by atoms with Crippen molar-refractivity contribution >= 4 is 46.1 Å². The highest BCUT2D eigenvalue weighted by molar-refractivity contribution is 6.88. The number of rotatable bonds is 2. The first kappa shape index (κ1) is 17.5. The Bertz CT molecular complexity index is 1670. The fourth-order valence-electron chi connectivity index (χ4n) is 4.43. The predicted octanol–water partition coefficient (Wildman–Crippen LogP) is 6.67. The second kappa shape index (κ2) is 6.97. The summed E-state index contributed by atoms with van der Waals surface area (Å²) in [5.41, 5.74) is 3.06. The molecule has 0 radical (unpaired) electrons. The fraction of sp³-hybridized carbons (Fsp3) is 0.222.